The summed E-state index contributed by atoms with van der Waals surface area (Å²) in [5.74, 6) is 8.88. The first-order valence-electron chi connectivity index (χ1n) is 6.53. The van der Waals surface area contributed by atoms with Crippen LogP contribution in [0, 0.1) is 5.41 Å². The molecule has 1 aromatic rings. The maximum absolute atomic E-state index is 5.85. The third kappa shape index (κ3) is 3.01. The second kappa shape index (κ2) is 5.64. The van der Waals surface area contributed by atoms with Gasteiger partial charge >= 0.3 is 0 Å². The molecular weight excluding hydrogens is 260 g/mol. The quantitative estimate of drug-likeness (QED) is 0.653. The molecule has 0 radical (unpaired) electrons. The van der Waals surface area contributed by atoms with E-state index in [0.29, 0.717) is 6.61 Å². The van der Waals surface area contributed by atoms with Gasteiger partial charge in [-0.15, -0.1) is 0 Å². The molecule has 0 aliphatic carbocycles. The highest BCUT2D eigenvalue weighted by atomic mass is 32.2. The molecule has 0 fully saturated rings. The van der Waals surface area contributed by atoms with Crippen LogP contribution in [-0.4, -0.2) is 16.6 Å². The molecule has 5 nitrogen and oxygen atoms in total. The molecule has 3 N–H and O–H groups in total. The number of rotatable bonds is 4. The van der Waals surface area contributed by atoms with E-state index in [-0.39, 0.29) is 11.5 Å². The summed E-state index contributed by atoms with van der Waals surface area (Å²) in [5, 5.41) is 0. The van der Waals surface area contributed by atoms with Crippen LogP contribution in [0.1, 0.15) is 50.9 Å². The topological polar surface area (TPSA) is 73.1 Å². The fourth-order valence-corrected chi connectivity index (χ4v) is 3.23. The van der Waals surface area contributed by atoms with Crippen LogP contribution in [0.2, 0.25) is 0 Å². The van der Waals surface area contributed by atoms with E-state index < -0.39 is 0 Å². The first-order chi connectivity index (χ1) is 8.97. The predicted octanol–water partition coefficient (Wildman–Crippen LogP) is 2.63. The molecule has 1 atom stereocenters. The molecule has 6 heteroatoms. The molecule has 1 unspecified atom stereocenters. The van der Waals surface area contributed by atoms with Crippen LogP contribution in [0.15, 0.2) is 0 Å². The summed E-state index contributed by atoms with van der Waals surface area (Å²) >= 11 is 1.83. The van der Waals surface area contributed by atoms with E-state index >= 15 is 0 Å². The number of fused-ring (bicyclic) bond motifs is 1. The van der Waals surface area contributed by atoms with Crippen molar-refractivity contribution in [3.8, 4) is 0 Å². The van der Waals surface area contributed by atoms with Crippen molar-refractivity contribution in [3.05, 3.63) is 17.1 Å². The summed E-state index contributed by atoms with van der Waals surface area (Å²) in [7, 11) is 0. The zero-order valence-electron chi connectivity index (χ0n) is 12.0. The lowest BCUT2D eigenvalue weighted by atomic mass is 9.88. The Kier molecular flexibility index (Phi) is 4.32. The fraction of sp³-hybridized carbons (Fsp3) is 0.692. The highest BCUT2D eigenvalue weighted by Crippen LogP contribution is 2.38. The largest absolute Gasteiger partial charge is 0.370 e. The molecule has 1 aliphatic heterocycles. The van der Waals surface area contributed by atoms with Gasteiger partial charge in [0.05, 0.1) is 5.69 Å². The van der Waals surface area contributed by atoms with Crippen molar-refractivity contribution in [1.29, 1.82) is 0 Å². The van der Waals surface area contributed by atoms with Gasteiger partial charge in [0.1, 0.15) is 11.9 Å². The van der Waals surface area contributed by atoms with Crippen molar-refractivity contribution < 1.29 is 4.74 Å². The lowest BCUT2D eigenvalue weighted by molar-refractivity contribution is -0.0191. The molecule has 2 rings (SSSR count). The average Bonchev–Trinajstić information content (AvgIpc) is 2.81. The number of anilines is 1. The molecule has 0 amide bonds. The van der Waals surface area contributed by atoms with E-state index in [4.69, 9.17) is 15.6 Å². The van der Waals surface area contributed by atoms with Gasteiger partial charge in [0, 0.05) is 23.7 Å². The monoisotopic (exact) mass is 282 g/mol. The number of hydrogen-bond acceptors (Lipinski definition) is 6. The summed E-state index contributed by atoms with van der Waals surface area (Å²) in [6, 6.07) is 0. The highest BCUT2D eigenvalue weighted by molar-refractivity contribution is 7.98. The van der Waals surface area contributed by atoms with Crippen LogP contribution in [0.25, 0.3) is 0 Å². The lowest BCUT2D eigenvalue weighted by Gasteiger charge is -2.29. The zero-order valence-corrected chi connectivity index (χ0v) is 12.8. The minimum Gasteiger partial charge on any atom is -0.370 e. The number of ether oxygens (including phenoxy) is 1. The summed E-state index contributed by atoms with van der Waals surface area (Å²) < 4.78 is 5.85. The van der Waals surface area contributed by atoms with Crippen molar-refractivity contribution in [3.63, 3.8) is 0 Å². The van der Waals surface area contributed by atoms with Crippen LogP contribution < -0.4 is 11.3 Å². The molecule has 106 valence electrons. The van der Waals surface area contributed by atoms with Gasteiger partial charge in [-0.05, 0) is 12.3 Å². The van der Waals surface area contributed by atoms with Gasteiger partial charge in [0.2, 0.25) is 0 Å². The first kappa shape index (κ1) is 14.6. The van der Waals surface area contributed by atoms with Crippen LogP contribution in [0.3, 0.4) is 0 Å². The molecule has 0 saturated carbocycles. The van der Waals surface area contributed by atoms with Gasteiger partial charge in [-0.1, -0.05) is 20.8 Å². The number of nitrogens with two attached hydrogens (primary N) is 1. The van der Waals surface area contributed by atoms with Gasteiger partial charge in [0.25, 0.3) is 0 Å². The number of nitrogens with zero attached hydrogens (tertiary/aromatic N) is 2. The average molecular weight is 282 g/mol. The van der Waals surface area contributed by atoms with Gasteiger partial charge in [-0.2, -0.15) is 11.8 Å². The fourth-order valence-electron chi connectivity index (χ4n) is 2.19. The second-order valence-corrected chi connectivity index (χ2v) is 6.68. The van der Waals surface area contributed by atoms with Gasteiger partial charge < -0.3 is 10.2 Å². The molecule has 0 spiro atoms. The Morgan fingerprint density at radius 2 is 2.11 bits per heavy atom. The number of hydrogen-bond donors (Lipinski definition) is 2. The summed E-state index contributed by atoms with van der Waals surface area (Å²) in [6.45, 7) is 9.03. The standard InChI is InChI=1S/C13H22N4OS/c1-5-18-10(13(2,3)4)12-15-9-7-19-6-8(9)11(16-12)17-14/h10H,5-7,14H2,1-4H3,(H,15,16,17). The Hall–Kier alpha value is -0.850. The van der Waals surface area contributed by atoms with Gasteiger partial charge in [-0.25, -0.2) is 15.8 Å². The maximum atomic E-state index is 5.85. The van der Waals surface area contributed by atoms with Crippen LogP contribution in [-0.2, 0) is 16.2 Å². The van der Waals surface area contributed by atoms with Crippen molar-refractivity contribution in [2.45, 2.75) is 45.3 Å². The third-order valence-electron chi connectivity index (χ3n) is 3.09. The molecule has 1 aromatic heterocycles. The first-order valence-corrected chi connectivity index (χ1v) is 7.68. The lowest BCUT2D eigenvalue weighted by Crippen LogP contribution is -2.25. The highest BCUT2D eigenvalue weighted by Gasteiger charge is 2.31. The van der Waals surface area contributed by atoms with Crippen LogP contribution in [0.5, 0.6) is 0 Å². The Morgan fingerprint density at radius 1 is 1.37 bits per heavy atom. The predicted molar refractivity (Wildman–Crippen MR) is 78.7 cm³/mol. The summed E-state index contributed by atoms with van der Waals surface area (Å²) in [5.41, 5.74) is 4.85. The number of nitrogens with one attached hydrogen (secondary N) is 1. The smallest absolute Gasteiger partial charge is 0.160 e. The minimum absolute atomic E-state index is 0.0537. The number of nitrogen functional groups attached to an aromatic ring is 1. The van der Waals surface area contributed by atoms with E-state index in [1.807, 2.05) is 18.7 Å². The molecule has 0 bridgehead atoms. The third-order valence-corrected chi connectivity index (χ3v) is 4.06. The Labute approximate surface area is 118 Å². The zero-order chi connectivity index (χ0) is 14.0. The molecule has 0 aromatic carbocycles. The number of thioether (sulfide) groups is 1. The minimum atomic E-state index is -0.125. The Morgan fingerprint density at radius 3 is 2.68 bits per heavy atom. The van der Waals surface area contributed by atoms with E-state index in [1.165, 1.54) is 0 Å². The molecule has 2 heterocycles. The van der Waals surface area contributed by atoms with Crippen LogP contribution >= 0.6 is 11.8 Å². The molecule has 19 heavy (non-hydrogen) atoms. The molecule has 0 saturated heterocycles. The molecule has 1 aliphatic rings. The number of aromatic nitrogens is 2. The van der Waals surface area contributed by atoms with Crippen molar-refractivity contribution in [1.82, 2.24) is 9.97 Å². The summed E-state index contributed by atoms with van der Waals surface area (Å²) in [6.07, 6.45) is -0.125. The van der Waals surface area contributed by atoms with Gasteiger partial charge in [-0.3, -0.25) is 0 Å². The van der Waals surface area contributed by atoms with E-state index in [1.54, 1.807) is 0 Å². The van der Waals surface area contributed by atoms with Crippen molar-refractivity contribution in [2.75, 3.05) is 12.0 Å². The Balaban J connectivity index is 2.43. The van der Waals surface area contributed by atoms with Crippen molar-refractivity contribution in [2.24, 2.45) is 11.3 Å². The molecular formula is C13H22N4OS. The van der Waals surface area contributed by atoms with E-state index in [2.05, 4.69) is 31.2 Å². The van der Waals surface area contributed by atoms with Crippen molar-refractivity contribution >= 4 is 17.6 Å². The number of hydrazine groups is 1. The van der Waals surface area contributed by atoms with E-state index in [9.17, 15) is 0 Å². The van der Waals surface area contributed by atoms with Gasteiger partial charge in [0.15, 0.2) is 5.82 Å². The second-order valence-electron chi connectivity index (χ2n) is 5.69. The SMILES string of the molecule is CCOC(c1nc2c(c(NN)n1)CSC2)C(C)(C)C. The van der Waals surface area contributed by atoms with E-state index in [0.717, 1.165) is 34.4 Å². The maximum Gasteiger partial charge on any atom is 0.160 e. The van der Waals surface area contributed by atoms with Crippen LogP contribution in [0.4, 0.5) is 5.82 Å². The summed E-state index contributed by atoms with van der Waals surface area (Å²) in [4.78, 5) is 9.26. The Bertz CT molecular complexity index is 459. The normalized spacial score (nSPS) is 16.3.